The van der Waals surface area contributed by atoms with Crippen molar-refractivity contribution in [2.75, 3.05) is 13.1 Å². The van der Waals surface area contributed by atoms with Gasteiger partial charge in [-0.15, -0.1) is 5.10 Å². The van der Waals surface area contributed by atoms with Crippen LogP contribution in [0.4, 0.5) is 0 Å². The lowest BCUT2D eigenvalue weighted by atomic mass is 10.2. The second-order valence-corrected chi connectivity index (χ2v) is 4.18. The van der Waals surface area contributed by atoms with Crippen LogP contribution in [0.1, 0.15) is 23.3 Å². The van der Waals surface area contributed by atoms with Gasteiger partial charge in [-0.25, -0.2) is 4.79 Å². The Balaban J connectivity index is 1.65. The van der Waals surface area contributed by atoms with Crippen molar-refractivity contribution < 1.29 is 14.7 Å². The summed E-state index contributed by atoms with van der Waals surface area (Å²) >= 11 is 0. The monoisotopic (exact) mass is 253 g/mol. The number of aromatic nitrogens is 3. The standard InChI is InChI=1S/C10H15N5O3/c16-9-2-1-7(12-9)5-11-3-4-15-6-8(10(17)18)13-14-15/h6-7,11H,1-5H2,(H,12,16)(H,17,18). The average Bonchev–Trinajstić information content (AvgIpc) is 2.93. The summed E-state index contributed by atoms with van der Waals surface area (Å²) < 4.78 is 1.48. The molecule has 8 nitrogen and oxygen atoms in total. The summed E-state index contributed by atoms with van der Waals surface area (Å²) in [6.07, 6.45) is 2.84. The second-order valence-electron chi connectivity index (χ2n) is 4.18. The molecule has 1 fully saturated rings. The molecule has 0 saturated carbocycles. The fourth-order valence-electron chi connectivity index (χ4n) is 1.81. The highest BCUT2D eigenvalue weighted by Crippen LogP contribution is 2.04. The van der Waals surface area contributed by atoms with Gasteiger partial charge in [0.2, 0.25) is 5.91 Å². The number of nitrogens with zero attached hydrogens (tertiary/aromatic N) is 3. The Morgan fingerprint density at radius 2 is 2.50 bits per heavy atom. The van der Waals surface area contributed by atoms with Crippen molar-refractivity contribution in [1.29, 1.82) is 0 Å². The summed E-state index contributed by atoms with van der Waals surface area (Å²) in [6, 6.07) is 0.197. The van der Waals surface area contributed by atoms with Gasteiger partial charge in [0.1, 0.15) is 0 Å². The van der Waals surface area contributed by atoms with E-state index in [-0.39, 0.29) is 17.6 Å². The van der Waals surface area contributed by atoms with Gasteiger partial charge in [0, 0.05) is 25.6 Å². The summed E-state index contributed by atoms with van der Waals surface area (Å²) in [4.78, 5) is 21.5. The fourth-order valence-corrected chi connectivity index (χ4v) is 1.81. The molecule has 2 rings (SSSR count). The van der Waals surface area contributed by atoms with Gasteiger partial charge in [0.25, 0.3) is 0 Å². The molecule has 1 atom stereocenters. The van der Waals surface area contributed by atoms with E-state index in [9.17, 15) is 9.59 Å². The van der Waals surface area contributed by atoms with E-state index in [2.05, 4.69) is 20.9 Å². The highest BCUT2D eigenvalue weighted by atomic mass is 16.4. The van der Waals surface area contributed by atoms with Crippen molar-refractivity contribution in [2.24, 2.45) is 0 Å². The molecule has 1 unspecified atom stereocenters. The fraction of sp³-hybridized carbons (Fsp3) is 0.600. The van der Waals surface area contributed by atoms with Gasteiger partial charge in [0.05, 0.1) is 12.7 Å². The molecule has 1 aliphatic heterocycles. The first-order chi connectivity index (χ1) is 8.65. The zero-order valence-corrected chi connectivity index (χ0v) is 9.80. The summed E-state index contributed by atoms with van der Waals surface area (Å²) in [7, 11) is 0. The summed E-state index contributed by atoms with van der Waals surface area (Å²) in [5.74, 6) is -0.980. The van der Waals surface area contributed by atoms with E-state index in [1.54, 1.807) is 0 Å². The van der Waals surface area contributed by atoms with Crippen molar-refractivity contribution in [1.82, 2.24) is 25.6 Å². The van der Waals surface area contributed by atoms with Crippen LogP contribution in [0.15, 0.2) is 6.20 Å². The number of carbonyl (C=O) groups is 2. The predicted molar refractivity (Wildman–Crippen MR) is 61.0 cm³/mol. The number of hydrogen-bond donors (Lipinski definition) is 3. The van der Waals surface area contributed by atoms with E-state index in [4.69, 9.17) is 5.11 Å². The third-order valence-electron chi connectivity index (χ3n) is 2.75. The molecule has 0 radical (unpaired) electrons. The molecule has 1 saturated heterocycles. The Bertz CT molecular complexity index is 444. The average molecular weight is 253 g/mol. The van der Waals surface area contributed by atoms with Crippen molar-refractivity contribution in [2.45, 2.75) is 25.4 Å². The Labute approximate surface area is 103 Å². The van der Waals surface area contributed by atoms with Crippen LogP contribution in [0.2, 0.25) is 0 Å². The summed E-state index contributed by atoms with van der Waals surface area (Å²) in [5.41, 5.74) is -0.0574. The molecule has 3 N–H and O–H groups in total. The normalized spacial score (nSPS) is 18.9. The molecule has 18 heavy (non-hydrogen) atoms. The van der Waals surface area contributed by atoms with Crippen molar-refractivity contribution in [3.63, 3.8) is 0 Å². The number of nitrogens with one attached hydrogen (secondary N) is 2. The lowest BCUT2D eigenvalue weighted by Gasteiger charge is -2.10. The maximum absolute atomic E-state index is 11.0. The van der Waals surface area contributed by atoms with E-state index in [0.29, 0.717) is 26.1 Å². The summed E-state index contributed by atoms with van der Waals surface area (Å²) in [5, 5.41) is 21.9. The molecule has 0 bridgehead atoms. The van der Waals surface area contributed by atoms with Crippen LogP contribution in [-0.2, 0) is 11.3 Å². The quantitative estimate of drug-likeness (QED) is 0.552. The van der Waals surface area contributed by atoms with Gasteiger partial charge < -0.3 is 15.7 Å². The van der Waals surface area contributed by atoms with E-state index >= 15 is 0 Å². The van der Waals surface area contributed by atoms with Gasteiger partial charge >= 0.3 is 5.97 Å². The Hall–Kier alpha value is -1.96. The van der Waals surface area contributed by atoms with Gasteiger partial charge in [-0.1, -0.05) is 5.21 Å². The van der Waals surface area contributed by atoms with Crippen LogP contribution in [-0.4, -0.2) is 51.1 Å². The maximum Gasteiger partial charge on any atom is 0.358 e. The molecule has 1 aromatic rings. The maximum atomic E-state index is 11.0. The smallest absolute Gasteiger partial charge is 0.358 e. The molecule has 1 aromatic heterocycles. The third kappa shape index (κ3) is 3.27. The van der Waals surface area contributed by atoms with Crippen LogP contribution in [0.25, 0.3) is 0 Å². The zero-order valence-electron chi connectivity index (χ0n) is 9.80. The number of hydrogen-bond acceptors (Lipinski definition) is 5. The van der Waals surface area contributed by atoms with Crippen molar-refractivity contribution in [3.05, 3.63) is 11.9 Å². The van der Waals surface area contributed by atoms with E-state index in [0.717, 1.165) is 6.42 Å². The lowest BCUT2D eigenvalue weighted by Crippen LogP contribution is -2.36. The molecule has 1 amide bonds. The van der Waals surface area contributed by atoms with Crippen LogP contribution < -0.4 is 10.6 Å². The lowest BCUT2D eigenvalue weighted by molar-refractivity contribution is -0.119. The largest absolute Gasteiger partial charge is 0.476 e. The van der Waals surface area contributed by atoms with Crippen LogP contribution in [0, 0.1) is 0 Å². The molecule has 2 heterocycles. The van der Waals surface area contributed by atoms with E-state index in [1.165, 1.54) is 10.9 Å². The minimum Gasteiger partial charge on any atom is -0.476 e. The van der Waals surface area contributed by atoms with Gasteiger partial charge in [0.15, 0.2) is 5.69 Å². The summed E-state index contributed by atoms with van der Waals surface area (Å²) in [6.45, 7) is 1.90. The van der Waals surface area contributed by atoms with Gasteiger partial charge in [-0.2, -0.15) is 0 Å². The van der Waals surface area contributed by atoms with Crippen LogP contribution in [0.3, 0.4) is 0 Å². The molecular formula is C10H15N5O3. The number of rotatable bonds is 6. The first-order valence-corrected chi connectivity index (χ1v) is 5.78. The van der Waals surface area contributed by atoms with Gasteiger partial charge in [-0.05, 0) is 6.42 Å². The minimum atomic E-state index is -1.08. The Kier molecular flexibility index (Phi) is 3.88. The van der Waals surface area contributed by atoms with E-state index in [1.807, 2.05) is 0 Å². The topological polar surface area (TPSA) is 109 Å². The van der Waals surface area contributed by atoms with E-state index < -0.39 is 5.97 Å². The molecular weight excluding hydrogens is 238 g/mol. The first kappa shape index (κ1) is 12.5. The Morgan fingerprint density at radius 1 is 1.67 bits per heavy atom. The highest BCUT2D eigenvalue weighted by molar-refractivity contribution is 5.84. The minimum absolute atomic E-state index is 0.0574. The third-order valence-corrected chi connectivity index (χ3v) is 2.75. The Morgan fingerprint density at radius 3 is 3.11 bits per heavy atom. The zero-order chi connectivity index (χ0) is 13.0. The predicted octanol–water partition coefficient (Wildman–Crippen LogP) is -1.16. The molecule has 1 aliphatic rings. The molecule has 0 aromatic carbocycles. The van der Waals surface area contributed by atoms with Crippen molar-refractivity contribution >= 4 is 11.9 Å². The molecule has 0 spiro atoms. The number of carboxylic acids is 1. The number of carbonyl (C=O) groups excluding carboxylic acids is 1. The number of amides is 1. The molecule has 0 aliphatic carbocycles. The van der Waals surface area contributed by atoms with Crippen molar-refractivity contribution in [3.8, 4) is 0 Å². The number of carboxylic acid groups (broad SMARTS) is 1. The molecule has 8 heteroatoms. The second kappa shape index (κ2) is 5.58. The SMILES string of the molecule is O=C1CCC(CNCCn2cc(C(=O)O)nn2)N1. The van der Waals surface area contributed by atoms with Gasteiger partial charge in [-0.3, -0.25) is 9.48 Å². The molecule has 98 valence electrons. The van der Waals surface area contributed by atoms with Crippen LogP contribution in [0.5, 0.6) is 0 Å². The number of aromatic carboxylic acids is 1. The highest BCUT2D eigenvalue weighted by Gasteiger charge is 2.19. The first-order valence-electron chi connectivity index (χ1n) is 5.78. The van der Waals surface area contributed by atoms with Crippen LogP contribution >= 0.6 is 0 Å².